The molecule has 1 unspecified atom stereocenters. The Labute approximate surface area is 111 Å². The van der Waals surface area contributed by atoms with Gasteiger partial charge in [-0.2, -0.15) is 0 Å². The van der Waals surface area contributed by atoms with Gasteiger partial charge in [-0.1, -0.05) is 26.7 Å². The number of nitrogens with zero attached hydrogens (tertiary/aromatic N) is 1. The lowest BCUT2D eigenvalue weighted by Crippen LogP contribution is -2.43. The fourth-order valence-electron chi connectivity index (χ4n) is 2.64. The summed E-state index contributed by atoms with van der Waals surface area (Å²) in [6.07, 6.45) is 5.07. The highest BCUT2D eigenvalue weighted by atomic mass is 16.5. The molecule has 1 aliphatic carbocycles. The molecule has 1 amide bonds. The summed E-state index contributed by atoms with van der Waals surface area (Å²) in [4.78, 5) is 14.5. The molecule has 0 aromatic heterocycles. The lowest BCUT2D eigenvalue weighted by molar-refractivity contribution is -0.136. The average molecular weight is 256 g/mol. The highest BCUT2D eigenvalue weighted by Gasteiger charge is 2.28. The van der Waals surface area contributed by atoms with Crippen molar-refractivity contribution in [2.75, 3.05) is 20.2 Å². The van der Waals surface area contributed by atoms with E-state index in [1.807, 2.05) is 0 Å². The SMILES string of the molecule is COC(CN)CC(=O)N(CC(C)C)C1CCCC1. The third-order valence-corrected chi connectivity index (χ3v) is 3.65. The van der Waals surface area contributed by atoms with Gasteiger partial charge in [0, 0.05) is 26.2 Å². The zero-order valence-corrected chi connectivity index (χ0v) is 12.0. The molecule has 1 atom stereocenters. The number of amides is 1. The molecule has 1 saturated carbocycles. The number of methoxy groups -OCH3 is 1. The van der Waals surface area contributed by atoms with E-state index in [2.05, 4.69) is 18.7 Å². The quantitative estimate of drug-likeness (QED) is 0.755. The van der Waals surface area contributed by atoms with Gasteiger partial charge < -0.3 is 15.4 Å². The first-order valence-electron chi connectivity index (χ1n) is 7.10. The van der Waals surface area contributed by atoms with Crippen molar-refractivity contribution in [3.8, 4) is 0 Å². The van der Waals surface area contributed by atoms with Gasteiger partial charge in [0.05, 0.1) is 12.5 Å². The fourth-order valence-corrected chi connectivity index (χ4v) is 2.64. The van der Waals surface area contributed by atoms with Crippen LogP contribution < -0.4 is 5.73 Å². The molecule has 1 rings (SSSR count). The van der Waals surface area contributed by atoms with Crippen LogP contribution in [-0.4, -0.2) is 43.2 Å². The van der Waals surface area contributed by atoms with E-state index in [1.165, 1.54) is 12.8 Å². The molecule has 1 fully saturated rings. The van der Waals surface area contributed by atoms with E-state index in [0.29, 0.717) is 24.9 Å². The number of rotatable bonds is 7. The largest absolute Gasteiger partial charge is 0.380 e. The van der Waals surface area contributed by atoms with Gasteiger partial charge in [0.1, 0.15) is 0 Å². The van der Waals surface area contributed by atoms with E-state index in [-0.39, 0.29) is 12.0 Å². The van der Waals surface area contributed by atoms with Crippen LogP contribution in [0.5, 0.6) is 0 Å². The van der Waals surface area contributed by atoms with E-state index in [9.17, 15) is 4.79 Å². The smallest absolute Gasteiger partial charge is 0.225 e. The second-order valence-corrected chi connectivity index (χ2v) is 5.68. The second-order valence-electron chi connectivity index (χ2n) is 5.68. The van der Waals surface area contributed by atoms with Crippen molar-refractivity contribution in [1.29, 1.82) is 0 Å². The van der Waals surface area contributed by atoms with Crippen molar-refractivity contribution >= 4 is 5.91 Å². The predicted molar refractivity (Wildman–Crippen MR) is 73.3 cm³/mol. The van der Waals surface area contributed by atoms with Crippen molar-refractivity contribution in [3.05, 3.63) is 0 Å². The summed E-state index contributed by atoms with van der Waals surface area (Å²) in [5.41, 5.74) is 5.59. The van der Waals surface area contributed by atoms with Crippen molar-refractivity contribution in [2.45, 2.75) is 58.1 Å². The molecule has 2 N–H and O–H groups in total. The zero-order chi connectivity index (χ0) is 13.5. The fraction of sp³-hybridized carbons (Fsp3) is 0.929. The van der Waals surface area contributed by atoms with Crippen LogP contribution >= 0.6 is 0 Å². The van der Waals surface area contributed by atoms with Gasteiger partial charge in [-0.15, -0.1) is 0 Å². The van der Waals surface area contributed by atoms with Gasteiger partial charge in [-0.3, -0.25) is 4.79 Å². The van der Waals surface area contributed by atoms with Crippen LogP contribution in [0.3, 0.4) is 0 Å². The summed E-state index contributed by atoms with van der Waals surface area (Å²) >= 11 is 0. The highest BCUT2D eigenvalue weighted by molar-refractivity contribution is 5.77. The van der Waals surface area contributed by atoms with E-state index >= 15 is 0 Å². The number of hydrogen-bond acceptors (Lipinski definition) is 3. The monoisotopic (exact) mass is 256 g/mol. The first-order chi connectivity index (χ1) is 8.58. The highest BCUT2D eigenvalue weighted by Crippen LogP contribution is 2.25. The molecule has 0 bridgehead atoms. The van der Waals surface area contributed by atoms with Gasteiger partial charge in [0.2, 0.25) is 5.91 Å². The summed E-state index contributed by atoms with van der Waals surface area (Å²) in [5.74, 6) is 0.710. The Balaban J connectivity index is 2.60. The van der Waals surface area contributed by atoms with Gasteiger partial charge in [0.15, 0.2) is 0 Å². The molecule has 106 valence electrons. The third-order valence-electron chi connectivity index (χ3n) is 3.65. The molecule has 0 heterocycles. The number of carbonyl (C=O) groups excluding carboxylic acids is 1. The van der Waals surface area contributed by atoms with Gasteiger partial charge in [-0.05, 0) is 18.8 Å². The van der Waals surface area contributed by atoms with Crippen LogP contribution in [0.4, 0.5) is 0 Å². The predicted octanol–water partition coefficient (Wildman–Crippen LogP) is 1.78. The minimum atomic E-state index is -0.145. The van der Waals surface area contributed by atoms with Crippen molar-refractivity contribution in [3.63, 3.8) is 0 Å². The first-order valence-corrected chi connectivity index (χ1v) is 7.10. The van der Waals surface area contributed by atoms with Gasteiger partial charge >= 0.3 is 0 Å². The maximum Gasteiger partial charge on any atom is 0.225 e. The Bertz CT molecular complexity index is 246. The Hall–Kier alpha value is -0.610. The molecule has 0 radical (unpaired) electrons. The number of hydrogen-bond donors (Lipinski definition) is 1. The summed E-state index contributed by atoms with van der Waals surface area (Å²) in [5, 5.41) is 0. The Morgan fingerprint density at radius 1 is 1.39 bits per heavy atom. The van der Waals surface area contributed by atoms with Crippen LogP contribution in [-0.2, 0) is 9.53 Å². The van der Waals surface area contributed by atoms with E-state index < -0.39 is 0 Å². The van der Waals surface area contributed by atoms with Crippen molar-refractivity contribution in [2.24, 2.45) is 11.7 Å². The third kappa shape index (κ3) is 4.58. The van der Waals surface area contributed by atoms with E-state index in [0.717, 1.165) is 19.4 Å². The molecule has 0 aromatic rings. The summed E-state index contributed by atoms with van der Waals surface area (Å²) in [7, 11) is 1.62. The van der Waals surface area contributed by atoms with Gasteiger partial charge in [-0.25, -0.2) is 0 Å². The molecule has 18 heavy (non-hydrogen) atoms. The van der Waals surface area contributed by atoms with Gasteiger partial charge in [0.25, 0.3) is 0 Å². The van der Waals surface area contributed by atoms with E-state index in [1.54, 1.807) is 7.11 Å². The minimum absolute atomic E-state index is 0.145. The molecule has 0 aromatic carbocycles. The van der Waals surface area contributed by atoms with Crippen molar-refractivity contribution in [1.82, 2.24) is 4.90 Å². The zero-order valence-electron chi connectivity index (χ0n) is 12.0. The lowest BCUT2D eigenvalue weighted by atomic mass is 10.1. The second kappa shape index (κ2) is 7.74. The number of carbonyl (C=O) groups is 1. The Morgan fingerprint density at radius 2 is 2.00 bits per heavy atom. The average Bonchev–Trinajstić information content (AvgIpc) is 2.86. The van der Waals surface area contributed by atoms with Crippen LogP contribution in [0.15, 0.2) is 0 Å². The van der Waals surface area contributed by atoms with Crippen molar-refractivity contribution < 1.29 is 9.53 Å². The normalized spacial score (nSPS) is 18.3. The van der Waals surface area contributed by atoms with Crippen LogP contribution in [0.2, 0.25) is 0 Å². The molecule has 4 nitrogen and oxygen atoms in total. The summed E-state index contributed by atoms with van der Waals surface area (Å²) in [6.45, 7) is 5.57. The molecule has 1 aliphatic rings. The number of ether oxygens (including phenoxy) is 1. The maximum absolute atomic E-state index is 12.4. The first kappa shape index (κ1) is 15.4. The molecule has 0 saturated heterocycles. The maximum atomic E-state index is 12.4. The van der Waals surface area contributed by atoms with Crippen LogP contribution in [0.1, 0.15) is 46.0 Å². The molecule has 0 aliphatic heterocycles. The topological polar surface area (TPSA) is 55.6 Å². The Kier molecular flexibility index (Phi) is 6.65. The van der Waals surface area contributed by atoms with Crippen LogP contribution in [0, 0.1) is 5.92 Å². The molecule has 0 spiro atoms. The lowest BCUT2D eigenvalue weighted by Gasteiger charge is -2.31. The van der Waals surface area contributed by atoms with E-state index in [4.69, 9.17) is 10.5 Å². The molecular formula is C14H28N2O2. The van der Waals surface area contributed by atoms with Crippen LogP contribution in [0.25, 0.3) is 0 Å². The molecular weight excluding hydrogens is 228 g/mol. The standard InChI is InChI=1S/C14H28N2O2/c1-11(2)10-16(12-6-4-5-7-12)14(17)8-13(9-15)18-3/h11-13H,4-10,15H2,1-3H3. The summed E-state index contributed by atoms with van der Waals surface area (Å²) in [6, 6.07) is 0.440. The number of nitrogens with two attached hydrogens (primary N) is 1. The minimum Gasteiger partial charge on any atom is -0.380 e. The Morgan fingerprint density at radius 3 is 2.44 bits per heavy atom. The molecule has 4 heteroatoms. The summed E-state index contributed by atoms with van der Waals surface area (Å²) < 4.78 is 5.22.